The van der Waals surface area contributed by atoms with E-state index in [0.29, 0.717) is 28.5 Å². The molecule has 2 aromatic rings. The number of halogens is 2. The van der Waals surface area contributed by atoms with Crippen molar-refractivity contribution in [2.24, 2.45) is 0 Å². The van der Waals surface area contributed by atoms with Gasteiger partial charge in [0.25, 0.3) is 0 Å². The molecule has 2 aromatic heterocycles. The van der Waals surface area contributed by atoms with Crippen molar-refractivity contribution >= 4 is 34.8 Å². The molecule has 21 heavy (non-hydrogen) atoms. The lowest BCUT2D eigenvalue weighted by molar-refractivity contribution is 0.0519. The smallest absolute Gasteiger partial charge is 0.358 e. The Morgan fingerprint density at radius 1 is 1.43 bits per heavy atom. The first-order chi connectivity index (χ1) is 10.1. The van der Waals surface area contributed by atoms with Crippen molar-refractivity contribution in [3.05, 3.63) is 27.6 Å². The van der Waals surface area contributed by atoms with Crippen LogP contribution in [0.25, 0.3) is 5.65 Å². The summed E-state index contributed by atoms with van der Waals surface area (Å²) in [5.74, 6) is -0.172. The topological polar surface area (TPSA) is 56.5 Å². The number of fused-ring (bicyclic) bond motifs is 1. The standard InChI is InChI=1S/C14H15Cl2N3O2/c1-2-21-14(20)9-7-10-17-12(15)11(8-5-3-4-6-8)13(16)19(10)18-9/h7-8H,2-6H2,1H3. The Kier molecular flexibility index (Phi) is 4.04. The van der Waals surface area contributed by atoms with Crippen molar-refractivity contribution in [1.82, 2.24) is 14.6 Å². The Morgan fingerprint density at radius 3 is 2.81 bits per heavy atom. The van der Waals surface area contributed by atoms with Crippen LogP contribution in [0.5, 0.6) is 0 Å². The monoisotopic (exact) mass is 327 g/mol. The van der Waals surface area contributed by atoms with Gasteiger partial charge in [0.15, 0.2) is 11.3 Å². The van der Waals surface area contributed by atoms with Gasteiger partial charge in [0.05, 0.1) is 6.61 Å². The molecule has 0 aliphatic heterocycles. The molecule has 1 saturated carbocycles. The number of ether oxygens (including phenoxy) is 1. The van der Waals surface area contributed by atoms with Gasteiger partial charge >= 0.3 is 5.97 Å². The third kappa shape index (κ3) is 2.60. The highest BCUT2D eigenvalue weighted by Gasteiger charge is 2.26. The lowest BCUT2D eigenvalue weighted by Crippen LogP contribution is -2.06. The van der Waals surface area contributed by atoms with Crippen LogP contribution in [0.15, 0.2) is 6.07 Å². The second-order valence-corrected chi connectivity index (χ2v) is 5.82. The van der Waals surface area contributed by atoms with Crippen molar-refractivity contribution in [2.45, 2.75) is 38.5 Å². The van der Waals surface area contributed by atoms with E-state index in [0.717, 1.165) is 18.4 Å². The van der Waals surface area contributed by atoms with Gasteiger partial charge in [-0.1, -0.05) is 36.0 Å². The van der Waals surface area contributed by atoms with Gasteiger partial charge in [-0.15, -0.1) is 0 Å². The molecule has 0 amide bonds. The zero-order chi connectivity index (χ0) is 15.0. The molecular weight excluding hydrogens is 313 g/mol. The van der Waals surface area contributed by atoms with Crippen LogP contribution in [0, 0.1) is 0 Å². The van der Waals surface area contributed by atoms with Crippen LogP contribution in [0.3, 0.4) is 0 Å². The van der Waals surface area contributed by atoms with Crippen LogP contribution in [0.1, 0.15) is 54.6 Å². The number of aromatic nitrogens is 3. The SMILES string of the molecule is CCOC(=O)c1cc2nc(Cl)c(C3CCCC3)c(Cl)n2n1. The molecule has 5 nitrogen and oxygen atoms in total. The maximum absolute atomic E-state index is 11.7. The highest BCUT2D eigenvalue weighted by molar-refractivity contribution is 6.35. The van der Waals surface area contributed by atoms with Crippen molar-refractivity contribution in [3.63, 3.8) is 0 Å². The Hall–Kier alpha value is -1.33. The molecule has 0 bridgehead atoms. The van der Waals surface area contributed by atoms with Crippen LogP contribution in [0.2, 0.25) is 10.3 Å². The van der Waals surface area contributed by atoms with E-state index < -0.39 is 5.97 Å². The largest absolute Gasteiger partial charge is 0.461 e. The fraction of sp³-hybridized carbons (Fsp3) is 0.500. The number of carbonyl (C=O) groups is 1. The van der Waals surface area contributed by atoms with Crippen LogP contribution in [-0.2, 0) is 4.74 Å². The van der Waals surface area contributed by atoms with Crippen molar-refractivity contribution in [1.29, 1.82) is 0 Å². The quantitative estimate of drug-likeness (QED) is 0.634. The van der Waals surface area contributed by atoms with E-state index in [1.165, 1.54) is 23.4 Å². The van der Waals surface area contributed by atoms with Crippen LogP contribution < -0.4 is 0 Å². The van der Waals surface area contributed by atoms with E-state index in [2.05, 4.69) is 10.1 Å². The van der Waals surface area contributed by atoms with Gasteiger partial charge in [0.2, 0.25) is 0 Å². The minimum Gasteiger partial charge on any atom is -0.461 e. The second-order valence-electron chi connectivity index (χ2n) is 5.11. The van der Waals surface area contributed by atoms with Gasteiger partial charge in [0.1, 0.15) is 10.3 Å². The number of esters is 1. The number of hydrogen-bond acceptors (Lipinski definition) is 4. The molecule has 0 unspecified atom stereocenters. The third-order valence-electron chi connectivity index (χ3n) is 3.78. The average molecular weight is 328 g/mol. The lowest BCUT2D eigenvalue weighted by atomic mass is 10.0. The molecule has 2 heterocycles. The summed E-state index contributed by atoms with van der Waals surface area (Å²) in [6, 6.07) is 1.54. The normalized spacial score (nSPS) is 15.8. The molecule has 0 aromatic carbocycles. The maximum Gasteiger partial charge on any atom is 0.358 e. The number of nitrogens with zero attached hydrogens (tertiary/aromatic N) is 3. The first-order valence-electron chi connectivity index (χ1n) is 7.03. The molecule has 1 fully saturated rings. The van der Waals surface area contributed by atoms with Gasteiger partial charge < -0.3 is 4.74 Å². The van der Waals surface area contributed by atoms with Crippen LogP contribution in [-0.4, -0.2) is 27.2 Å². The Labute approximate surface area is 132 Å². The van der Waals surface area contributed by atoms with Crippen molar-refractivity contribution < 1.29 is 9.53 Å². The van der Waals surface area contributed by atoms with E-state index in [1.807, 2.05) is 0 Å². The van der Waals surface area contributed by atoms with Crippen molar-refractivity contribution in [3.8, 4) is 0 Å². The summed E-state index contributed by atoms with van der Waals surface area (Å²) in [6.45, 7) is 2.04. The average Bonchev–Trinajstić information content (AvgIpc) is 3.08. The lowest BCUT2D eigenvalue weighted by Gasteiger charge is -2.13. The predicted molar refractivity (Wildman–Crippen MR) is 80.2 cm³/mol. The van der Waals surface area contributed by atoms with Crippen LogP contribution in [0.4, 0.5) is 0 Å². The highest BCUT2D eigenvalue weighted by Crippen LogP contribution is 2.40. The van der Waals surface area contributed by atoms with E-state index in [-0.39, 0.29) is 5.69 Å². The maximum atomic E-state index is 11.7. The third-order valence-corrected chi connectivity index (χ3v) is 4.43. The van der Waals surface area contributed by atoms with Crippen LogP contribution >= 0.6 is 23.2 Å². The molecule has 7 heteroatoms. The molecule has 0 radical (unpaired) electrons. The van der Waals surface area contributed by atoms with Gasteiger partial charge in [-0.05, 0) is 25.7 Å². The summed E-state index contributed by atoms with van der Waals surface area (Å²) in [4.78, 5) is 16.1. The molecule has 0 N–H and O–H groups in total. The molecule has 112 valence electrons. The summed E-state index contributed by atoms with van der Waals surface area (Å²) in [7, 11) is 0. The zero-order valence-electron chi connectivity index (χ0n) is 11.6. The minimum atomic E-state index is -0.488. The Morgan fingerprint density at radius 2 is 2.14 bits per heavy atom. The number of hydrogen-bond donors (Lipinski definition) is 0. The first kappa shape index (κ1) is 14.6. The van der Waals surface area contributed by atoms with E-state index in [4.69, 9.17) is 27.9 Å². The summed E-state index contributed by atoms with van der Waals surface area (Å²) >= 11 is 12.7. The summed E-state index contributed by atoms with van der Waals surface area (Å²) in [5, 5.41) is 5.03. The summed E-state index contributed by atoms with van der Waals surface area (Å²) in [6.07, 6.45) is 4.45. The summed E-state index contributed by atoms with van der Waals surface area (Å²) < 4.78 is 6.40. The number of carbonyl (C=O) groups excluding carboxylic acids is 1. The second kappa shape index (κ2) is 5.81. The zero-order valence-corrected chi connectivity index (χ0v) is 13.1. The van der Waals surface area contributed by atoms with Gasteiger partial charge in [-0.25, -0.2) is 14.3 Å². The fourth-order valence-electron chi connectivity index (χ4n) is 2.81. The molecule has 0 atom stereocenters. The minimum absolute atomic E-state index is 0.186. The van der Waals surface area contributed by atoms with Crippen molar-refractivity contribution in [2.75, 3.05) is 6.61 Å². The molecule has 1 aliphatic carbocycles. The molecule has 0 saturated heterocycles. The molecule has 0 spiro atoms. The molecular formula is C14H15Cl2N3O2. The summed E-state index contributed by atoms with van der Waals surface area (Å²) in [5.41, 5.74) is 1.47. The van der Waals surface area contributed by atoms with Gasteiger partial charge in [0, 0.05) is 11.6 Å². The predicted octanol–water partition coefficient (Wildman–Crippen LogP) is 3.87. The Balaban J connectivity index is 2.09. The molecule has 1 aliphatic rings. The van der Waals surface area contributed by atoms with E-state index >= 15 is 0 Å². The first-order valence-corrected chi connectivity index (χ1v) is 7.79. The van der Waals surface area contributed by atoms with E-state index in [9.17, 15) is 4.79 Å². The van der Waals surface area contributed by atoms with E-state index in [1.54, 1.807) is 6.92 Å². The van der Waals surface area contributed by atoms with Gasteiger partial charge in [-0.2, -0.15) is 5.10 Å². The van der Waals surface area contributed by atoms with Gasteiger partial charge in [-0.3, -0.25) is 0 Å². The molecule has 3 rings (SSSR count). The number of rotatable bonds is 3. The Bertz CT molecular complexity index is 693. The highest BCUT2D eigenvalue weighted by atomic mass is 35.5. The fourth-order valence-corrected chi connectivity index (χ4v) is 3.56.